The van der Waals surface area contributed by atoms with Gasteiger partial charge in [-0.3, -0.25) is 0 Å². The van der Waals surface area contributed by atoms with Crippen molar-refractivity contribution in [2.45, 2.75) is 66.6 Å². The molecule has 1 heteroatoms. The van der Waals surface area contributed by atoms with Gasteiger partial charge in [-0.15, -0.1) is 0 Å². The van der Waals surface area contributed by atoms with Crippen molar-refractivity contribution in [3.63, 3.8) is 0 Å². The molecule has 4 bridgehead atoms. The lowest BCUT2D eigenvalue weighted by atomic mass is 9.58. The van der Waals surface area contributed by atoms with Crippen molar-refractivity contribution in [2.24, 2.45) is 17.3 Å². The van der Waals surface area contributed by atoms with Crippen LogP contribution in [0.2, 0.25) is 0 Å². The highest BCUT2D eigenvalue weighted by Gasteiger charge is 2.54. The van der Waals surface area contributed by atoms with Gasteiger partial charge in [0.05, 0.1) is 12.2 Å². The molecule has 1 saturated heterocycles. The van der Waals surface area contributed by atoms with E-state index in [4.69, 9.17) is 4.74 Å². The van der Waals surface area contributed by atoms with E-state index in [-0.39, 0.29) is 0 Å². The molecule has 18 heavy (non-hydrogen) atoms. The van der Waals surface area contributed by atoms with Crippen molar-refractivity contribution in [3.8, 4) is 0 Å². The molecule has 0 aromatic heterocycles. The van der Waals surface area contributed by atoms with Gasteiger partial charge in [-0.25, -0.2) is 0 Å². The van der Waals surface area contributed by atoms with Gasteiger partial charge < -0.3 is 4.74 Å². The molecule has 2 fully saturated rings. The normalized spacial score (nSPS) is 42.3. The van der Waals surface area contributed by atoms with Gasteiger partial charge in [0.1, 0.15) is 0 Å². The first kappa shape index (κ1) is 12.5. The molecule has 100 valence electrons. The zero-order valence-corrected chi connectivity index (χ0v) is 12.6. The van der Waals surface area contributed by atoms with Crippen molar-refractivity contribution in [2.75, 3.05) is 0 Å². The van der Waals surface area contributed by atoms with Gasteiger partial charge >= 0.3 is 0 Å². The number of rotatable bonds is 0. The van der Waals surface area contributed by atoms with Crippen LogP contribution in [-0.4, -0.2) is 12.2 Å². The Bertz CT molecular complexity index is 410. The van der Waals surface area contributed by atoms with Gasteiger partial charge in [0.25, 0.3) is 0 Å². The van der Waals surface area contributed by atoms with Crippen LogP contribution in [0.3, 0.4) is 0 Å². The largest absolute Gasteiger partial charge is 0.366 e. The summed E-state index contributed by atoms with van der Waals surface area (Å²) in [6.45, 7) is 13.8. The molecule has 0 aromatic carbocycles. The van der Waals surface area contributed by atoms with Crippen LogP contribution in [0.5, 0.6) is 0 Å². The summed E-state index contributed by atoms with van der Waals surface area (Å²) in [6, 6.07) is 0. The average Bonchev–Trinajstić information content (AvgIpc) is 2.82. The molecule has 2 heterocycles. The summed E-state index contributed by atoms with van der Waals surface area (Å²) < 4.78 is 5.40. The second-order valence-electron chi connectivity index (χ2n) is 7.24. The summed E-state index contributed by atoms with van der Waals surface area (Å²) >= 11 is 0. The van der Waals surface area contributed by atoms with E-state index in [0.717, 1.165) is 11.8 Å². The molecule has 0 amide bonds. The molecule has 6 aliphatic rings. The number of hydrogen-bond acceptors (Lipinski definition) is 1. The Hall–Kier alpha value is -0.560. The molecule has 4 atom stereocenters. The van der Waals surface area contributed by atoms with E-state index >= 15 is 0 Å². The summed E-state index contributed by atoms with van der Waals surface area (Å²) in [5, 5.41) is 0. The van der Waals surface area contributed by atoms with E-state index in [9.17, 15) is 0 Å². The van der Waals surface area contributed by atoms with Crippen molar-refractivity contribution >= 4 is 0 Å². The monoisotopic (exact) mass is 246 g/mol. The topological polar surface area (TPSA) is 9.23 Å². The molecule has 1 nitrogen and oxygen atoms in total. The molecule has 2 aliphatic heterocycles. The molecule has 4 unspecified atom stereocenters. The maximum absolute atomic E-state index is 5.40. The zero-order valence-electron chi connectivity index (χ0n) is 12.6. The molecule has 0 radical (unpaired) electrons. The quantitative estimate of drug-likeness (QED) is 0.572. The van der Waals surface area contributed by atoms with E-state index in [1.54, 1.807) is 11.1 Å². The van der Waals surface area contributed by atoms with E-state index in [2.05, 4.69) is 41.5 Å². The Morgan fingerprint density at radius 1 is 0.778 bits per heavy atom. The lowest BCUT2D eigenvalue weighted by molar-refractivity contribution is -0.0566. The second-order valence-corrected chi connectivity index (χ2v) is 7.24. The minimum absolute atomic E-state index is 0.514. The molecule has 6 rings (SSSR count). The summed E-state index contributed by atoms with van der Waals surface area (Å²) in [6.07, 6.45) is 3.74. The Labute approximate surface area is 111 Å². The first-order valence-corrected chi connectivity index (χ1v) is 7.34. The van der Waals surface area contributed by atoms with Crippen LogP contribution in [0.1, 0.15) is 54.4 Å². The SMILES string of the molecule is CC1=C(C)C2CC1C2(C)C.CC1=C(C)C2CC1O2. The maximum Gasteiger partial charge on any atom is 0.0822 e. The van der Waals surface area contributed by atoms with Crippen molar-refractivity contribution in [3.05, 3.63) is 22.3 Å². The third-order valence-electron chi connectivity index (χ3n) is 6.28. The van der Waals surface area contributed by atoms with Gasteiger partial charge in [0.2, 0.25) is 0 Å². The fourth-order valence-electron chi connectivity index (χ4n) is 4.39. The van der Waals surface area contributed by atoms with Crippen LogP contribution in [0.25, 0.3) is 0 Å². The third-order valence-corrected chi connectivity index (χ3v) is 6.28. The maximum atomic E-state index is 5.40. The van der Waals surface area contributed by atoms with Crippen molar-refractivity contribution < 1.29 is 4.74 Å². The average molecular weight is 246 g/mol. The Morgan fingerprint density at radius 3 is 1.28 bits per heavy atom. The van der Waals surface area contributed by atoms with Crippen LogP contribution in [0.15, 0.2) is 22.3 Å². The predicted molar refractivity (Wildman–Crippen MR) is 75.4 cm³/mol. The minimum Gasteiger partial charge on any atom is -0.366 e. The van der Waals surface area contributed by atoms with Gasteiger partial charge in [-0.05, 0) is 62.5 Å². The Kier molecular flexibility index (Phi) is 2.58. The number of hydrogen-bond donors (Lipinski definition) is 0. The Balaban J connectivity index is 0.000000114. The molecule has 0 spiro atoms. The summed E-state index contributed by atoms with van der Waals surface area (Å²) in [5.74, 6) is 1.86. The first-order chi connectivity index (χ1) is 8.34. The lowest BCUT2D eigenvalue weighted by Gasteiger charge is -2.46. The van der Waals surface area contributed by atoms with Crippen LogP contribution in [-0.2, 0) is 4.74 Å². The summed E-state index contributed by atoms with van der Waals surface area (Å²) in [4.78, 5) is 0. The van der Waals surface area contributed by atoms with Crippen molar-refractivity contribution in [1.29, 1.82) is 0 Å². The fourth-order valence-corrected chi connectivity index (χ4v) is 4.39. The van der Waals surface area contributed by atoms with E-state index in [1.165, 1.54) is 24.0 Å². The highest BCUT2D eigenvalue weighted by atomic mass is 16.5. The fraction of sp³-hybridized carbons (Fsp3) is 0.765. The van der Waals surface area contributed by atoms with Crippen LogP contribution in [0, 0.1) is 17.3 Å². The molecule has 0 aromatic rings. The second kappa shape index (κ2) is 3.72. The standard InChI is InChI=1S/C10H16.C7H10O/c1-6-7(2)9-5-8(6)10(9,3)4;1-4-5(2)7-3-6(4)8-7/h8-9H,5H2,1-4H3;6-7H,3H2,1-2H3. The molecule has 0 N–H and O–H groups in total. The zero-order chi connectivity index (χ0) is 13.2. The highest BCUT2D eigenvalue weighted by molar-refractivity contribution is 5.35. The van der Waals surface area contributed by atoms with Gasteiger partial charge in [0.15, 0.2) is 0 Å². The van der Waals surface area contributed by atoms with Crippen LogP contribution < -0.4 is 0 Å². The Morgan fingerprint density at radius 2 is 1.17 bits per heavy atom. The van der Waals surface area contributed by atoms with E-state index in [1.807, 2.05) is 0 Å². The first-order valence-electron chi connectivity index (χ1n) is 7.34. The third kappa shape index (κ3) is 1.43. The van der Waals surface area contributed by atoms with Crippen molar-refractivity contribution in [1.82, 2.24) is 0 Å². The summed E-state index contributed by atoms with van der Waals surface area (Å²) in [5.41, 5.74) is 6.96. The lowest BCUT2D eigenvalue weighted by Crippen LogP contribution is -2.39. The molecular weight excluding hydrogens is 220 g/mol. The predicted octanol–water partition coefficient (Wildman–Crippen LogP) is 4.49. The highest BCUT2D eigenvalue weighted by Crippen LogP contribution is 2.64. The molecular formula is C17H26O. The van der Waals surface area contributed by atoms with E-state index < -0.39 is 0 Å². The van der Waals surface area contributed by atoms with E-state index in [0.29, 0.717) is 17.6 Å². The van der Waals surface area contributed by atoms with Crippen LogP contribution >= 0.6 is 0 Å². The number of allylic oxidation sites excluding steroid dienone is 2. The summed E-state index contributed by atoms with van der Waals surface area (Å²) in [7, 11) is 0. The van der Waals surface area contributed by atoms with Crippen LogP contribution in [0.4, 0.5) is 0 Å². The smallest absolute Gasteiger partial charge is 0.0822 e. The number of ether oxygens (including phenoxy) is 1. The molecule has 4 aliphatic carbocycles. The van der Waals surface area contributed by atoms with Gasteiger partial charge in [-0.1, -0.05) is 25.0 Å². The molecule has 1 saturated carbocycles. The van der Waals surface area contributed by atoms with Gasteiger partial charge in [-0.2, -0.15) is 0 Å². The minimum atomic E-state index is 0.514. The van der Waals surface area contributed by atoms with Gasteiger partial charge in [0, 0.05) is 6.42 Å².